The Morgan fingerprint density at radius 3 is 3.31 bits per heavy atom. The Kier molecular flexibility index (Phi) is 2.36. The molecule has 2 aliphatic rings. The number of amides is 1. The highest BCUT2D eigenvalue weighted by atomic mass is 16.2. The number of carbonyl (C=O) groups excluding carboxylic acids is 1. The molecule has 0 unspecified atom stereocenters. The molecule has 3 nitrogen and oxygen atoms in total. The molecule has 0 spiro atoms. The molecule has 2 aliphatic heterocycles. The summed E-state index contributed by atoms with van der Waals surface area (Å²) in [7, 11) is 0. The van der Waals surface area contributed by atoms with Crippen LogP contribution in [-0.4, -0.2) is 29.9 Å². The molecule has 1 amide bonds. The van der Waals surface area contributed by atoms with E-state index in [1.807, 2.05) is 6.20 Å². The van der Waals surface area contributed by atoms with Crippen molar-refractivity contribution in [2.24, 2.45) is 0 Å². The third-order valence-electron chi connectivity index (χ3n) is 2.95. The first kappa shape index (κ1) is 8.75. The maximum absolute atomic E-state index is 11.6. The Bertz CT molecular complexity index is 247. The maximum atomic E-state index is 11.6. The van der Waals surface area contributed by atoms with E-state index in [1.165, 1.54) is 5.57 Å². The van der Waals surface area contributed by atoms with E-state index in [0.717, 1.165) is 32.4 Å². The van der Waals surface area contributed by atoms with Crippen molar-refractivity contribution >= 4 is 5.91 Å². The normalized spacial score (nSPS) is 29.2. The van der Waals surface area contributed by atoms with E-state index in [9.17, 15) is 4.79 Å². The number of hydrogen-bond donors (Lipinski definition) is 1. The predicted molar refractivity (Wildman–Crippen MR) is 51.1 cm³/mol. The fourth-order valence-corrected chi connectivity index (χ4v) is 2.10. The zero-order chi connectivity index (χ0) is 9.26. The van der Waals surface area contributed by atoms with Gasteiger partial charge in [0.2, 0.25) is 5.91 Å². The third-order valence-corrected chi connectivity index (χ3v) is 2.95. The molecule has 0 aliphatic carbocycles. The number of fused-ring (bicyclic) bond motifs is 1. The summed E-state index contributed by atoms with van der Waals surface area (Å²) in [6, 6.07) is 0.139. The highest BCUT2D eigenvalue weighted by Gasteiger charge is 2.31. The van der Waals surface area contributed by atoms with E-state index in [4.69, 9.17) is 0 Å². The molecule has 0 aromatic carbocycles. The van der Waals surface area contributed by atoms with Crippen LogP contribution in [0.5, 0.6) is 0 Å². The zero-order valence-electron chi connectivity index (χ0n) is 8.05. The van der Waals surface area contributed by atoms with Gasteiger partial charge in [0, 0.05) is 12.7 Å². The van der Waals surface area contributed by atoms with Crippen molar-refractivity contribution in [3.8, 4) is 0 Å². The number of nitrogens with one attached hydrogen (secondary N) is 1. The molecule has 0 bridgehead atoms. The van der Waals surface area contributed by atoms with Gasteiger partial charge in [0.25, 0.3) is 0 Å². The van der Waals surface area contributed by atoms with Crippen molar-refractivity contribution < 1.29 is 4.79 Å². The van der Waals surface area contributed by atoms with E-state index in [0.29, 0.717) is 0 Å². The van der Waals surface area contributed by atoms with Crippen LogP contribution in [0.3, 0.4) is 0 Å². The lowest BCUT2D eigenvalue weighted by molar-refractivity contribution is -0.124. The Morgan fingerprint density at radius 2 is 2.54 bits per heavy atom. The second kappa shape index (κ2) is 3.50. The van der Waals surface area contributed by atoms with Crippen LogP contribution in [0.4, 0.5) is 0 Å². The van der Waals surface area contributed by atoms with Crippen molar-refractivity contribution in [1.29, 1.82) is 0 Å². The highest BCUT2D eigenvalue weighted by Crippen LogP contribution is 2.21. The quantitative estimate of drug-likeness (QED) is 0.649. The second-order valence-electron chi connectivity index (χ2n) is 3.79. The van der Waals surface area contributed by atoms with Gasteiger partial charge in [0.05, 0.1) is 6.04 Å². The minimum atomic E-state index is 0.139. The van der Waals surface area contributed by atoms with Crippen LogP contribution >= 0.6 is 0 Å². The second-order valence-corrected chi connectivity index (χ2v) is 3.79. The van der Waals surface area contributed by atoms with Gasteiger partial charge in [0.1, 0.15) is 0 Å². The van der Waals surface area contributed by atoms with Gasteiger partial charge in [0.15, 0.2) is 0 Å². The molecule has 1 N–H and O–H groups in total. The fraction of sp³-hybridized carbons (Fsp3) is 0.700. The van der Waals surface area contributed by atoms with Gasteiger partial charge in [-0.05, 0) is 31.4 Å². The number of hydrogen-bond acceptors (Lipinski definition) is 2. The first-order valence-electron chi connectivity index (χ1n) is 5.03. The summed E-state index contributed by atoms with van der Waals surface area (Å²) in [6.07, 6.45) is 5.11. The monoisotopic (exact) mass is 180 g/mol. The van der Waals surface area contributed by atoms with Crippen LogP contribution in [0, 0.1) is 0 Å². The zero-order valence-corrected chi connectivity index (χ0v) is 8.05. The van der Waals surface area contributed by atoms with Gasteiger partial charge in [-0.3, -0.25) is 9.69 Å². The van der Waals surface area contributed by atoms with Crippen LogP contribution in [0.15, 0.2) is 11.8 Å². The summed E-state index contributed by atoms with van der Waals surface area (Å²) in [5, 5.41) is 2.87. The Hall–Kier alpha value is -0.830. The summed E-state index contributed by atoms with van der Waals surface area (Å²) < 4.78 is 0. The van der Waals surface area contributed by atoms with E-state index in [2.05, 4.69) is 17.1 Å². The Balaban J connectivity index is 2.15. The molecule has 2 rings (SSSR count). The average Bonchev–Trinajstić information content (AvgIpc) is 2.54. The van der Waals surface area contributed by atoms with Gasteiger partial charge >= 0.3 is 0 Å². The maximum Gasteiger partial charge on any atom is 0.241 e. The van der Waals surface area contributed by atoms with Crippen molar-refractivity contribution in [2.75, 3.05) is 13.1 Å². The number of nitrogens with zero attached hydrogens (tertiary/aromatic N) is 1. The van der Waals surface area contributed by atoms with E-state index < -0.39 is 0 Å². The smallest absolute Gasteiger partial charge is 0.241 e. The van der Waals surface area contributed by atoms with Crippen LogP contribution in [0.25, 0.3) is 0 Å². The standard InChI is InChI=1S/C10H16N2O/c1-2-8-6-11-10(13)9-4-3-5-12(9)7-8/h6,9H,2-5,7H2,1H3,(H,11,13)/t9-/m1/s1. The molecule has 1 saturated heterocycles. The molecule has 0 saturated carbocycles. The Labute approximate surface area is 78.8 Å². The summed E-state index contributed by atoms with van der Waals surface area (Å²) in [5.41, 5.74) is 1.33. The lowest BCUT2D eigenvalue weighted by Gasteiger charge is -2.20. The average molecular weight is 180 g/mol. The van der Waals surface area contributed by atoms with Crippen molar-refractivity contribution in [3.63, 3.8) is 0 Å². The molecule has 0 aromatic heterocycles. The molecule has 0 radical (unpaired) electrons. The van der Waals surface area contributed by atoms with Gasteiger partial charge in [-0.15, -0.1) is 0 Å². The van der Waals surface area contributed by atoms with Crippen LogP contribution in [0.1, 0.15) is 26.2 Å². The minimum Gasteiger partial charge on any atom is -0.331 e. The fourth-order valence-electron chi connectivity index (χ4n) is 2.10. The van der Waals surface area contributed by atoms with E-state index in [-0.39, 0.29) is 11.9 Å². The van der Waals surface area contributed by atoms with Gasteiger partial charge in [-0.2, -0.15) is 0 Å². The highest BCUT2D eigenvalue weighted by molar-refractivity contribution is 5.83. The van der Waals surface area contributed by atoms with Gasteiger partial charge in [-0.1, -0.05) is 6.92 Å². The number of rotatable bonds is 1. The van der Waals surface area contributed by atoms with Crippen molar-refractivity contribution in [1.82, 2.24) is 10.2 Å². The molecular formula is C10H16N2O. The molecule has 3 heteroatoms. The molecule has 13 heavy (non-hydrogen) atoms. The molecule has 1 atom stereocenters. The SMILES string of the molecule is CCC1=CNC(=O)[C@H]2CCCN2C1. The van der Waals surface area contributed by atoms with Crippen molar-refractivity contribution in [2.45, 2.75) is 32.2 Å². The van der Waals surface area contributed by atoms with Crippen LogP contribution in [-0.2, 0) is 4.79 Å². The van der Waals surface area contributed by atoms with Gasteiger partial charge in [-0.25, -0.2) is 0 Å². The Morgan fingerprint density at radius 1 is 1.69 bits per heavy atom. The van der Waals surface area contributed by atoms with E-state index >= 15 is 0 Å². The van der Waals surface area contributed by atoms with Crippen molar-refractivity contribution in [3.05, 3.63) is 11.8 Å². The lowest BCUT2D eigenvalue weighted by atomic mass is 10.2. The predicted octanol–water partition coefficient (Wildman–Crippen LogP) is 0.874. The summed E-state index contributed by atoms with van der Waals surface area (Å²) >= 11 is 0. The summed E-state index contributed by atoms with van der Waals surface area (Å²) in [4.78, 5) is 13.8. The lowest BCUT2D eigenvalue weighted by Crippen LogP contribution is -2.39. The molecule has 72 valence electrons. The van der Waals surface area contributed by atoms with Crippen LogP contribution < -0.4 is 5.32 Å². The first-order chi connectivity index (χ1) is 6.31. The first-order valence-corrected chi connectivity index (χ1v) is 5.03. The molecule has 1 fully saturated rings. The third kappa shape index (κ3) is 1.61. The van der Waals surface area contributed by atoms with E-state index in [1.54, 1.807) is 0 Å². The molecule has 0 aromatic rings. The number of carbonyl (C=O) groups is 1. The van der Waals surface area contributed by atoms with Crippen LogP contribution in [0.2, 0.25) is 0 Å². The molecular weight excluding hydrogens is 164 g/mol. The largest absolute Gasteiger partial charge is 0.331 e. The summed E-state index contributed by atoms with van der Waals surface area (Å²) in [6.45, 7) is 4.18. The summed E-state index contributed by atoms with van der Waals surface area (Å²) in [5.74, 6) is 0.181. The van der Waals surface area contributed by atoms with Gasteiger partial charge < -0.3 is 5.32 Å². The topological polar surface area (TPSA) is 32.3 Å². The minimum absolute atomic E-state index is 0.139. The molecule has 2 heterocycles.